The molecular weight excluding hydrogens is 312 g/mol. The zero-order chi connectivity index (χ0) is 14.9. The van der Waals surface area contributed by atoms with Gasteiger partial charge in [-0.25, -0.2) is 4.98 Å². The first-order valence-electron chi connectivity index (χ1n) is 7.58. The Balaban J connectivity index is 0.00000156. The number of aromatic amines is 1. The van der Waals surface area contributed by atoms with Crippen LogP contribution in [0.1, 0.15) is 24.0 Å². The van der Waals surface area contributed by atoms with Crippen molar-refractivity contribution >= 4 is 23.3 Å². The molecule has 0 spiro atoms. The standard InChI is InChI=1S/C18H16N2O2.ClH/c21-18-15-6-2-1-5-13(15)14-9-8-12(11-16(14)20-18)22-17-7-3-4-10-19-17;/h3-4,7-11H,1-2,5-6H2,(H,20,21);1H. The zero-order valence-corrected chi connectivity index (χ0v) is 13.4. The number of benzene rings is 1. The summed E-state index contributed by atoms with van der Waals surface area (Å²) in [5, 5.41) is 1.13. The summed E-state index contributed by atoms with van der Waals surface area (Å²) in [5.74, 6) is 1.22. The van der Waals surface area contributed by atoms with Crippen LogP contribution in [0.2, 0.25) is 0 Å². The highest BCUT2D eigenvalue weighted by Gasteiger charge is 2.16. The highest BCUT2D eigenvalue weighted by atomic mass is 35.5. The molecule has 4 nitrogen and oxygen atoms in total. The summed E-state index contributed by atoms with van der Waals surface area (Å²) in [6.45, 7) is 0. The highest BCUT2D eigenvalue weighted by Crippen LogP contribution is 2.29. The molecule has 0 unspecified atom stereocenters. The van der Waals surface area contributed by atoms with E-state index in [-0.39, 0.29) is 18.0 Å². The molecule has 23 heavy (non-hydrogen) atoms. The van der Waals surface area contributed by atoms with Crippen molar-refractivity contribution in [1.82, 2.24) is 9.97 Å². The van der Waals surface area contributed by atoms with E-state index in [2.05, 4.69) is 9.97 Å². The van der Waals surface area contributed by atoms with E-state index in [1.165, 1.54) is 5.56 Å². The van der Waals surface area contributed by atoms with Crippen molar-refractivity contribution in [2.24, 2.45) is 0 Å². The van der Waals surface area contributed by atoms with E-state index in [1.54, 1.807) is 12.3 Å². The summed E-state index contributed by atoms with van der Waals surface area (Å²) in [7, 11) is 0. The first kappa shape index (κ1) is 15.6. The lowest BCUT2D eigenvalue weighted by atomic mass is 9.90. The molecule has 1 N–H and O–H groups in total. The minimum absolute atomic E-state index is 0. The van der Waals surface area contributed by atoms with Gasteiger partial charge in [-0.05, 0) is 49.4 Å². The molecule has 0 fully saturated rings. The summed E-state index contributed by atoms with van der Waals surface area (Å²) in [6.07, 6.45) is 5.80. The van der Waals surface area contributed by atoms with Crippen molar-refractivity contribution < 1.29 is 4.74 Å². The molecule has 0 amide bonds. The maximum Gasteiger partial charge on any atom is 0.251 e. The Morgan fingerprint density at radius 2 is 1.87 bits per heavy atom. The van der Waals surface area contributed by atoms with Gasteiger partial charge < -0.3 is 9.72 Å². The quantitative estimate of drug-likeness (QED) is 0.773. The minimum atomic E-state index is 0. The molecule has 0 aliphatic heterocycles. The average molecular weight is 329 g/mol. The second kappa shape index (κ2) is 6.42. The summed E-state index contributed by atoms with van der Waals surface area (Å²) < 4.78 is 5.74. The van der Waals surface area contributed by atoms with Gasteiger partial charge in [-0.2, -0.15) is 0 Å². The van der Waals surface area contributed by atoms with Gasteiger partial charge in [-0.1, -0.05) is 6.07 Å². The van der Waals surface area contributed by atoms with E-state index >= 15 is 0 Å². The molecule has 0 atom stereocenters. The van der Waals surface area contributed by atoms with Crippen molar-refractivity contribution in [2.75, 3.05) is 0 Å². The topological polar surface area (TPSA) is 55.0 Å². The fraction of sp³-hybridized carbons (Fsp3) is 0.222. The molecule has 1 aromatic carbocycles. The van der Waals surface area contributed by atoms with Crippen molar-refractivity contribution in [3.8, 4) is 11.6 Å². The number of halogens is 1. The Morgan fingerprint density at radius 1 is 1.04 bits per heavy atom. The molecular formula is C18H17ClN2O2. The summed E-state index contributed by atoms with van der Waals surface area (Å²) >= 11 is 0. The third-order valence-corrected chi connectivity index (χ3v) is 4.17. The molecule has 0 saturated heterocycles. The van der Waals surface area contributed by atoms with Crippen LogP contribution in [-0.4, -0.2) is 9.97 Å². The Bertz CT molecular complexity index is 891. The molecule has 118 valence electrons. The monoisotopic (exact) mass is 328 g/mol. The second-order valence-corrected chi connectivity index (χ2v) is 5.60. The molecule has 3 aromatic rings. The van der Waals surface area contributed by atoms with Crippen molar-refractivity contribution in [3.63, 3.8) is 0 Å². The fourth-order valence-corrected chi connectivity index (χ4v) is 3.13. The number of hydrogen-bond donors (Lipinski definition) is 1. The van der Waals surface area contributed by atoms with Crippen LogP contribution < -0.4 is 10.3 Å². The van der Waals surface area contributed by atoms with Crippen LogP contribution in [0.25, 0.3) is 10.9 Å². The molecule has 0 saturated carbocycles. The van der Waals surface area contributed by atoms with Crippen LogP contribution >= 0.6 is 12.4 Å². The number of nitrogens with one attached hydrogen (secondary N) is 1. The smallest absolute Gasteiger partial charge is 0.251 e. The van der Waals surface area contributed by atoms with E-state index in [1.807, 2.05) is 30.3 Å². The number of H-pyrrole nitrogens is 1. The lowest BCUT2D eigenvalue weighted by molar-refractivity contribution is 0.463. The Hall–Kier alpha value is -2.33. The molecule has 2 heterocycles. The van der Waals surface area contributed by atoms with E-state index in [0.29, 0.717) is 11.6 Å². The van der Waals surface area contributed by atoms with E-state index in [9.17, 15) is 4.79 Å². The molecule has 2 aromatic heterocycles. The minimum Gasteiger partial charge on any atom is -0.439 e. The SMILES string of the molecule is Cl.O=c1[nH]c2cc(Oc3ccccn3)ccc2c2c1CCCC2. The predicted molar refractivity (Wildman–Crippen MR) is 92.8 cm³/mol. The van der Waals surface area contributed by atoms with E-state index < -0.39 is 0 Å². The Kier molecular flexibility index (Phi) is 4.35. The van der Waals surface area contributed by atoms with Gasteiger partial charge in [0.2, 0.25) is 5.88 Å². The molecule has 0 radical (unpaired) electrons. The van der Waals surface area contributed by atoms with Gasteiger partial charge in [0.1, 0.15) is 5.75 Å². The number of hydrogen-bond acceptors (Lipinski definition) is 3. The van der Waals surface area contributed by atoms with Crippen LogP contribution in [0, 0.1) is 0 Å². The maximum atomic E-state index is 12.2. The van der Waals surface area contributed by atoms with Crippen LogP contribution in [0.3, 0.4) is 0 Å². The largest absolute Gasteiger partial charge is 0.439 e. The molecule has 4 rings (SSSR count). The van der Waals surface area contributed by atoms with Gasteiger partial charge in [0.15, 0.2) is 0 Å². The van der Waals surface area contributed by atoms with Gasteiger partial charge in [0.05, 0.1) is 5.52 Å². The number of aromatic nitrogens is 2. The van der Waals surface area contributed by atoms with Crippen LogP contribution in [0.15, 0.2) is 47.4 Å². The lowest BCUT2D eigenvalue weighted by Gasteiger charge is -2.17. The lowest BCUT2D eigenvalue weighted by Crippen LogP contribution is -2.19. The zero-order valence-electron chi connectivity index (χ0n) is 12.5. The molecule has 1 aliphatic rings. The Labute approximate surface area is 139 Å². The normalized spacial score (nSPS) is 13.2. The third-order valence-electron chi connectivity index (χ3n) is 4.17. The number of ether oxygens (including phenoxy) is 1. The van der Waals surface area contributed by atoms with Crippen molar-refractivity contribution in [1.29, 1.82) is 0 Å². The number of fused-ring (bicyclic) bond motifs is 3. The first-order valence-corrected chi connectivity index (χ1v) is 7.58. The summed E-state index contributed by atoms with van der Waals surface area (Å²) in [4.78, 5) is 19.4. The molecule has 1 aliphatic carbocycles. The first-order chi connectivity index (χ1) is 10.8. The fourth-order valence-electron chi connectivity index (χ4n) is 3.13. The Morgan fingerprint density at radius 3 is 2.65 bits per heavy atom. The van der Waals surface area contributed by atoms with Crippen LogP contribution in [-0.2, 0) is 12.8 Å². The van der Waals surface area contributed by atoms with Crippen LogP contribution in [0.5, 0.6) is 11.6 Å². The highest BCUT2D eigenvalue weighted by molar-refractivity contribution is 5.85. The average Bonchev–Trinajstić information content (AvgIpc) is 2.56. The van der Waals surface area contributed by atoms with Crippen molar-refractivity contribution in [2.45, 2.75) is 25.7 Å². The van der Waals surface area contributed by atoms with Gasteiger partial charge in [-0.3, -0.25) is 4.79 Å². The number of pyridine rings is 2. The van der Waals surface area contributed by atoms with Crippen molar-refractivity contribution in [3.05, 3.63) is 64.1 Å². The summed E-state index contributed by atoms with van der Waals surface area (Å²) in [5.41, 5.74) is 3.03. The van der Waals surface area contributed by atoms with Gasteiger partial charge in [0, 0.05) is 29.3 Å². The second-order valence-electron chi connectivity index (χ2n) is 5.60. The maximum absolute atomic E-state index is 12.2. The molecule has 0 bridgehead atoms. The number of aryl methyl sites for hydroxylation is 1. The molecule has 5 heteroatoms. The number of nitrogens with zero attached hydrogens (tertiary/aromatic N) is 1. The third kappa shape index (κ3) is 2.94. The van der Waals surface area contributed by atoms with Crippen LogP contribution in [0.4, 0.5) is 0 Å². The predicted octanol–water partition coefficient (Wildman–Crippen LogP) is 4.02. The number of rotatable bonds is 2. The van der Waals surface area contributed by atoms with Gasteiger partial charge >= 0.3 is 0 Å². The van der Waals surface area contributed by atoms with E-state index in [4.69, 9.17) is 4.74 Å². The van der Waals surface area contributed by atoms with Gasteiger partial charge in [0.25, 0.3) is 5.56 Å². The van der Waals surface area contributed by atoms with E-state index in [0.717, 1.165) is 42.1 Å². The van der Waals surface area contributed by atoms with Gasteiger partial charge in [-0.15, -0.1) is 12.4 Å². The summed E-state index contributed by atoms with van der Waals surface area (Å²) in [6, 6.07) is 11.4.